The molecule has 2 aromatic rings. The molecule has 0 radical (unpaired) electrons. The molecule has 0 saturated carbocycles. The van der Waals surface area contributed by atoms with Gasteiger partial charge >= 0.3 is 0 Å². The quantitative estimate of drug-likeness (QED) is 0.256. The summed E-state index contributed by atoms with van der Waals surface area (Å²) in [7, 11) is 0. The van der Waals surface area contributed by atoms with Gasteiger partial charge in [-0.05, 0) is 23.3 Å². The van der Waals surface area contributed by atoms with Gasteiger partial charge in [-0.25, -0.2) is 0 Å². The molecule has 0 atom stereocenters. The summed E-state index contributed by atoms with van der Waals surface area (Å²) >= 11 is 0. The molecule has 4 N–H and O–H groups in total. The summed E-state index contributed by atoms with van der Waals surface area (Å²) < 4.78 is 0. The highest BCUT2D eigenvalue weighted by Gasteiger charge is 2.08. The Bertz CT molecular complexity index is 633. The van der Waals surface area contributed by atoms with E-state index in [9.17, 15) is 4.79 Å². The van der Waals surface area contributed by atoms with Crippen LogP contribution in [0.2, 0.25) is 0 Å². The Hall–Kier alpha value is -2.56. The molecular formula is C15H17N3O2. The lowest BCUT2D eigenvalue weighted by atomic mass is 10.0. The van der Waals surface area contributed by atoms with Gasteiger partial charge in [0.2, 0.25) is 0 Å². The number of nitrogens with two attached hydrogens (primary N) is 1. The first kappa shape index (κ1) is 13.9. The molecule has 0 bridgehead atoms. The largest absolute Gasteiger partial charge is 0.409 e. The van der Waals surface area contributed by atoms with Crippen LogP contribution >= 0.6 is 0 Å². The van der Waals surface area contributed by atoms with Gasteiger partial charge in [0.25, 0.3) is 5.91 Å². The van der Waals surface area contributed by atoms with Gasteiger partial charge in [0.1, 0.15) is 5.84 Å². The van der Waals surface area contributed by atoms with Gasteiger partial charge in [0.05, 0.1) is 0 Å². The van der Waals surface area contributed by atoms with Crippen molar-refractivity contribution >= 4 is 22.5 Å². The van der Waals surface area contributed by atoms with Crippen molar-refractivity contribution in [1.29, 1.82) is 0 Å². The first-order valence-corrected chi connectivity index (χ1v) is 6.44. The fourth-order valence-corrected chi connectivity index (χ4v) is 2.04. The molecule has 1 amide bonds. The number of fused-ring (bicyclic) bond motifs is 1. The van der Waals surface area contributed by atoms with Gasteiger partial charge in [-0.1, -0.05) is 41.6 Å². The Morgan fingerprint density at radius 1 is 1.20 bits per heavy atom. The Morgan fingerprint density at radius 3 is 2.75 bits per heavy atom. The minimum Gasteiger partial charge on any atom is -0.409 e. The van der Waals surface area contributed by atoms with E-state index in [2.05, 4.69) is 10.5 Å². The molecule has 0 aliphatic heterocycles. The summed E-state index contributed by atoms with van der Waals surface area (Å²) in [6, 6.07) is 13.4. The average molecular weight is 271 g/mol. The van der Waals surface area contributed by atoms with Crippen LogP contribution in [0.15, 0.2) is 47.6 Å². The fourth-order valence-electron chi connectivity index (χ4n) is 2.04. The highest BCUT2D eigenvalue weighted by atomic mass is 16.4. The Kier molecular flexibility index (Phi) is 4.55. The van der Waals surface area contributed by atoms with Crippen LogP contribution in [-0.2, 0) is 0 Å². The van der Waals surface area contributed by atoms with Crippen molar-refractivity contribution in [2.75, 3.05) is 6.54 Å². The molecule has 104 valence electrons. The van der Waals surface area contributed by atoms with Gasteiger partial charge < -0.3 is 16.3 Å². The zero-order chi connectivity index (χ0) is 14.4. The molecule has 0 heterocycles. The molecule has 20 heavy (non-hydrogen) atoms. The third-order valence-corrected chi connectivity index (χ3v) is 3.06. The third kappa shape index (κ3) is 3.26. The first-order chi connectivity index (χ1) is 9.72. The molecule has 2 rings (SSSR count). The number of nitrogens with one attached hydrogen (secondary N) is 1. The maximum Gasteiger partial charge on any atom is 0.251 e. The predicted octanol–water partition coefficient (Wildman–Crippen LogP) is 2.10. The van der Waals surface area contributed by atoms with Crippen LogP contribution in [0.4, 0.5) is 0 Å². The second-order valence-corrected chi connectivity index (χ2v) is 4.48. The van der Waals surface area contributed by atoms with E-state index in [0.29, 0.717) is 24.9 Å². The smallest absolute Gasteiger partial charge is 0.251 e. The number of nitrogens with zero attached hydrogens (tertiary/aromatic N) is 1. The van der Waals surface area contributed by atoms with Crippen molar-refractivity contribution in [2.24, 2.45) is 10.9 Å². The van der Waals surface area contributed by atoms with Crippen molar-refractivity contribution < 1.29 is 10.0 Å². The maximum atomic E-state index is 12.2. The van der Waals surface area contributed by atoms with E-state index < -0.39 is 0 Å². The van der Waals surface area contributed by atoms with E-state index in [1.807, 2.05) is 36.4 Å². The van der Waals surface area contributed by atoms with Crippen LogP contribution in [-0.4, -0.2) is 23.5 Å². The monoisotopic (exact) mass is 271 g/mol. The maximum absolute atomic E-state index is 12.2. The van der Waals surface area contributed by atoms with Crippen LogP contribution in [0.1, 0.15) is 23.2 Å². The summed E-state index contributed by atoms with van der Waals surface area (Å²) in [4.78, 5) is 12.2. The van der Waals surface area contributed by atoms with Crippen molar-refractivity contribution in [3.8, 4) is 0 Å². The molecular weight excluding hydrogens is 254 g/mol. The summed E-state index contributed by atoms with van der Waals surface area (Å²) in [6.07, 6.45) is 1.08. The predicted molar refractivity (Wildman–Crippen MR) is 78.9 cm³/mol. The average Bonchev–Trinajstić information content (AvgIpc) is 2.50. The lowest BCUT2D eigenvalue weighted by Gasteiger charge is -2.07. The lowest BCUT2D eigenvalue weighted by Crippen LogP contribution is -2.25. The molecule has 0 aliphatic carbocycles. The Morgan fingerprint density at radius 2 is 1.95 bits per heavy atom. The number of amidine groups is 1. The second-order valence-electron chi connectivity index (χ2n) is 4.48. The van der Waals surface area contributed by atoms with E-state index in [-0.39, 0.29) is 11.7 Å². The zero-order valence-electron chi connectivity index (χ0n) is 11.0. The van der Waals surface area contributed by atoms with Crippen LogP contribution in [0.25, 0.3) is 10.8 Å². The summed E-state index contributed by atoms with van der Waals surface area (Å²) in [5, 5.41) is 16.1. The number of carbonyl (C=O) groups excluding carboxylic acids is 1. The molecule has 5 nitrogen and oxygen atoms in total. The number of hydrogen-bond acceptors (Lipinski definition) is 3. The standard InChI is InChI=1S/C15H17N3O2/c16-14(18-20)9-4-10-17-15(19)13-8-3-6-11-5-1-2-7-12(11)13/h1-3,5-8,20H,4,9-10H2,(H2,16,18)(H,17,19). The SMILES string of the molecule is NC(CCCNC(=O)c1cccc2ccccc12)=NO. The van der Waals surface area contributed by atoms with E-state index in [0.717, 1.165) is 10.8 Å². The highest BCUT2D eigenvalue weighted by Crippen LogP contribution is 2.18. The Balaban J connectivity index is 2.01. The van der Waals surface area contributed by atoms with Crippen LogP contribution in [0.5, 0.6) is 0 Å². The van der Waals surface area contributed by atoms with E-state index >= 15 is 0 Å². The zero-order valence-corrected chi connectivity index (χ0v) is 11.0. The minimum atomic E-state index is -0.110. The van der Waals surface area contributed by atoms with Crippen molar-refractivity contribution in [3.63, 3.8) is 0 Å². The summed E-state index contributed by atoms with van der Waals surface area (Å²) in [5.74, 6) is 0.0609. The first-order valence-electron chi connectivity index (χ1n) is 6.44. The number of hydrogen-bond donors (Lipinski definition) is 3. The van der Waals surface area contributed by atoms with Gasteiger partial charge in [0.15, 0.2) is 0 Å². The van der Waals surface area contributed by atoms with Gasteiger partial charge in [-0.15, -0.1) is 0 Å². The van der Waals surface area contributed by atoms with Crippen molar-refractivity contribution in [1.82, 2.24) is 5.32 Å². The number of amides is 1. The molecule has 0 aromatic heterocycles. The molecule has 0 aliphatic rings. The molecule has 0 saturated heterocycles. The normalized spacial score (nSPS) is 11.5. The summed E-state index contributed by atoms with van der Waals surface area (Å²) in [5.41, 5.74) is 6.02. The number of rotatable bonds is 5. The van der Waals surface area contributed by atoms with Crippen LogP contribution in [0.3, 0.4) is 0 Å². The van der Waals surface area contributed by atoms with Gasteiger partial charge in [0, 0.05) is 18.5 Å². The minimum absolute atomic E-state index is 0.110. The Labute approximate surface area is 117 Å². The molecule has 2 aromatic carbocycles. The number of benzene rings is 2. The second kappa shape index (κ2) is 6.56. The lowest BCUT2D eigenvalue weighted by molar-refractivity contribution is 0.0955. The van der Waals surface area contributed by atoms with Crippen LogP contribution < -0.4 is 11.1 Å². The molecule has 0 fully saturated rings. The van der Waals surface area contributed by atoms with E-state index in [1.165, 1.54) is 0 Å². The van der Waals surface area contributed by atoms with Gasteiger partial charge in [-0.2, -0.15) is 0 Å². The molecule has 0 unspecified atom stereocenters. The topological polar surface area (TPSA) is 87.7 Å². The van der Waals surface area contributed by atoms with Crippen molar-refractivity contribution in [2.45, 2.75) is 12.8 Å². The number of carbonyl (C=O) groups is 1. The molecule has 0 spiro atoms. The van der Waals surface area contributed by atoms with Crippen LogP contribution in [0, 0.1) is 0 Å². The third-order valence-electron chi connectivity index (χ3n) is 3.06. The van der Waals surface area contributed by atoms with E-state index in [4.69, 9.17) is 10.9 Å². The summed E-state index contributed by atoms with van der Waals surface area (Å²) in [6.45, 7) is 0.484. The highest BCUT2D eigenvalue weighted by molar-refractivity contribution is 6.06. The fraction of sp³-hybridized carbons (Fsp3) is 0.200. The number of oxime groups is 1. The van der Waals surface area contributed by atoms with Gasteiger partial charge in [-0.3, -0.25) is 4.79 Å². The van der Waals surface area contributed by atoms with E-state index in [1.54, 1.807) is 6.07 Å². The molecule has 5 heteroatoms. The van der Waals surface area contributed by atoms with Crippen molar-refractivity contribution in [3.05, 3.63) is 48.0 Å².